The van der Waals surface area contributed by atoms with Gasteiger partial charge in [0.05, 0.1) is 10.8 Å². The van der Waals surface area contributed by atoms with Gasteiger partial charge in [-0.25, -0.2) is 8.42 Å². The molecule has 1 aliphatic rings. The topological polar surface area (TPSA) is 78.0 Å². The highest BCUT2D eigenvalue weighted by Crippen LogP contribution is 2.30. The minimum atomic E-state index is -3.56. The molecule has 32 heavy (non-hydrogen) atoms. The predicted molar refractivity (Wildman–Crippen MR) is 126 cm³/mol. The van der Waals surface area contributed by atoms with E-state index < -0.39 is 15.9 Å². The van der Waals surface area contributed by atoms with Crippen LogP contribution in [-0.4, -0.2) is 50.7 Å². The zero-order chi connectivity index (χ0) is 23.5. The lowest BCUT2D eigenvalue weighted by Gasteiger charge is -2.26. The molecule has 2 aromatic carbocycles. The van der Waals surface area contributed by atoms with Gasteiger partial charge < -0.3 is 9.80 Å². The maximum Gasteiger partial charge on any atom is 0.243 e. The molecule has 1 unspecified atom stereocenters. The van der Waals surface area contributed by atoms with Crippen molar-refractivity contribution in [1.29, 1.82) is 0 Å². The second-order valence-corrected chi connectivity index (χ2v) is 9.80. The number of nitrogens with zero attached hydrogens (tertiary/aromatic N) is 3. The molecule has 1 atom stereocenters. The maximum absolute atomic E-state index is 13.2. The van der Waals surface area contributed by atoms with Crippen LogP contribution in [0.3, 0.4) is 0 Å². The van der Waals surface area contributed by atoms with Crippen LogP contribution in [0.25, 0.3) is 0 Å². The molecule has 0 aromatic heterocycles. The number of amides is 2. The van der Waals surface area contributed by atoms with Gasteiger partial charge in [0.25, 0.3) is 0 Å². The van der Waals surface area contributed by atoms with Crippen LogP contribution in [0.15, 0.2) is 53.4 Å². The molecule has 2 aromatic rings. The first-order chi connectivity index (χ1) is 15.2. The summed E-state index contributed by atoms with van der Waals surface area (Å²) in [6.07, 6.45) is 0.140. The fourth-order valence-electron chi connectivity index (χ4n) is 4.16. The molecule has 7 nitrogen and oxygen atoms in total. The van der Waals surface area contributed by atoms with Gasteiger partial charge in [-0.1, -0.05) is 32.0 Å². The van der Waals surface area contributed by atoms with Crippen molar-refractivity contribution in [2.75, 3.05) is 36.0 Å². The van der Waals surface area contributed by atoms with Gasteiger partial charge >= 0.3 is 0 Å². The number of anilines is 2. The van der Waals surface area contributed by atoms with E-state index in [-0.39, 0.29) is 29.7 Å². The van der Waals surface area contributed by atoms with Crippen molar-refractivity contribution in [1.82, 2.24) is 4.31 Å². The van der Waals surface area contributed by atoms with E-state index >= 15 is 0 Å². The first-order valence-electron chi connectivity index (χ1n) is 11.0. The van der Waals surface area contributed by atoms with Gasteiger partial charge in [-0.15, -0.1) is 0 Å². The largest absolute Gasteiger partial charge is 0.312 e. The Bertz CT molecular complexity index is 1080. The van der Waals surface area contributed by atoms with Crippen molar-refractivity contribution in [2.45, 2.75) is 39.0 Å². The van der Waals surface area contributed by atoms with Gasteiger partial charge in [0.15, 0.2) is 0 Å². The van der Waals surface area contributed by atoms with Gasteiger partial charge in [0, 0.05) is 44.0 Å². The molecular formula is C24H31N3O4S. The van der Waals surface area contributed by atoms with Crippen LogP contribution < -0.4 is 9.80 Å². The number of hydrogen-bond acceptors (Lipinski definition) is 4. The van der Waals surface area contributed by atoms with Gasteiger partial charge in [-0.2, -0.15) is 4.31 Å². The molecule has 0 bridgehead atoms. The molecule has 1 saturated heterocycles. The second-order valence-electron chi connectivity index (χ2n) is 7.86. The number of carbonyl (C=O) groups is 2. The summed E-state index contributed by atoms with van der Waals surface area (Å²) < 4.78 is 26.8. The lowest BCUT2D eigenvalue weighted by atomic mass is 10.1. The summed E-state index contributed by atoms with van der Waals surface area (Å²) in [5.41, 5.74) is 2.47. The zero-order valence-corrected chi connectivity index (χ0v) is 19.9. The molecule has 2 amide bonds. The number of benzene rings is 2. The van der Waals surface area contributed by atoms with E-state index in [0.717, 1.165) is 11.3 Å². The van der Waals surface area contributed by atoms with Crippen LogP contribution in [0, 0.1) is 12.8 Å². The van der Waals surface area contributed by atoms with E-state index in [1.165, 1.54) is 16.4 Å². The van der Waals surface area contributed by atoms with Crippen molar-refractivity contribution in [3.8, 4) is 0 Å². The Morgan fingerprint density at radius 1 is 1.00 bits per heavy atom. The third-order valence-corrected chi connectivity index (χ3v) is 8.02. The smallest absolute Gasteiger partial charge is 0.243 e. The molecule has 0 N–H and O–H groups in total. The molecule has 0 radical (unpaired) electrons. The van der Waals surface area contributed by atoms with E-state index in [4.69, 9.17) is 0 Å². The standard InChI is InChI=1S/C24H31N3O4S/c1-5-25(6-2)32(30,31)21-14-12-20(13-15-21)27-17-19(16-23(27)28)24(29)26(7-3)22-11-9-8-10-18(22)4/h8-15,19H,5-7,16-17H2,1-4H3. The summed E-state index contributed by atoms with van der Waals surface area (Å²) in [6.45, 7) is 9.07. The average Bonchev–Trinajstić information content (AvgIpc) is 3.18. The lowest BCUT2D eigenvalue weighted by Crippen LogP contribution is -2.37. The number of rotatable bonds is 8. The molecule has 1 aliphatic heterocycles. The Balaban J connectivity index is 1.78. The highest BCUT2D eigenvalue weighted by atomic mass is 32.2. The molecule has 8 heteroatoms. The SMILES string of the molecule is CCN(C(=O)C1CC(=O)N(c2ccc(S(=O)(=O)N(CC)CC)cc2)C1)c1ccccc1C. The highest BCUT2D eigenvalue weighted by Gasteiger charge is 2.37. The van der Waals surface area contributed by atoms with E-state index in [1.54, 1.807) is 35.8 Å². The van der Waals surface area contributed by atoms with Crippen LogP contribution in [0.5, 0.6) is 0 Å². The Hall–Kier alpha value is -2.71. The van der Waals surface area contributed by atoms with Crippen LogP contribution in [-0.2, 0) is 19.6 Å². The van der Waals surface area contributed by atoms with Crippen LogP contribution >= 0.6 is 0 Å². The summed E-state index contributed by atoms with van der Waals surface area (Å²) in [4.78, 5) is 29.5. The van der Waals surface area contributed by atoms with Crippen molar-refractivity contribution >= 4 is 33.2 Å². The number of hydrogen-bond donors (Lipinski definition) is 0. The second kappa shape index (κ2) is 9.83. The van der Waals surface area contributed by atoms with Gasteiger partial charge in [0.1, 0.15) is 0 Å². The van der Waals surface area contributed by atoms with Crippen LogP contribution in [0.4, 0.5) is 11.4 Å². The summed E-state index contributed by atoms with van der Waals surface area (Å²) in [6, 6.07) is 14.0. The molecule has 0 aliphatic carbocycles. The Kier molecular flexibility index (Phi) is 7.36. The highest BCUT2D eigenvalue weighted by molar-refractivity contribution is 7.89. The van der Waals surface area contributed by atoms with E-state index in [1.807, 2.05) is 38.1 Å². The molecule has 172 valence electrons. The summed E-state index contributed by atoms with van der Waals surface area (Å²) in [7, 11) is -3.56. The Morgan fingerprint density at radius 3 is 2.19 bits per heavy atom. The monoisotopic (exact) mass is 457 g/mol. The molecular weight excluding hydrogens is 426 g/mol. The zero-order valence-electron chi connectivity index (χ0n) is 19.1. The van der Waals surface area contributed by atoms with Crippen molar-refractivity contribution in [3.05, 3.63) is 54.1 Å². The minimum Gasteiger partial charge on any atom is -0.312 e. The Morgan fingerprint density at radius 2 is 1.62 bits per heavy atom. The van der Waals surface area contributed by atoms with Gasteiger partial charge in [0.2, 0.25) is 21.8 Å². The molecule has 1 heterocycles. The number of carbonyl (C=O) groups excluding carboxylic acids is 2. The van der Waals surface area contributed by atoms with E-state index in [0.29, 0.717) is 25.3 Å². The first-order valence-corrected chi connectivity index (χ1v) is 12.5. The normalized spacial score (nSPS) is 16.6. The van der Waals surface area contributed by atoms with E-state index in [2.05, 4.69) is 0 Å². The predicted octanol–water partition coefficient (Wildman–Crippen LogP) is 3.43. The van der Waals surface area contributed by atoms with Crippen LogP contribution in [0.1, 0.15) is 32.8 Å². The molecule has 0 saturated carbocycles. The average molecular weight is 458 g/mol. The van der Waals surface area contributed by atoms with Crippen molar-refractivity contribution < 1.29 is 18.0 Å². The number of aryl methyl sites for hydroxylation is 1. The van der Waals surface area contributed by atoms with Crippen molar-refractivity contribution in [3.63, 3.8) is 0 Å². The van der Waals surface area contributed by atoms with Crippen LogP contribution in [0.2, 0.25) is 0 Å². The molecule has 1 fully saturated rings. The lowest BCUT2D eigenvalue weighted by molar-refractivity contribution is -0.124. The van der Waals surface area contributed by atoms with Crippen molar-refractivity contribution in [2.24, 2.45) is 5.92 Å². The van der Waals surface area contributed by atoms with E-state index in [9.17, 15) is 18.0 Å². The first kappa shape index (κ1) is 23.9. The van der Waals surface area contributed by atoms with Gasteiger partial charge in [-0.3, -0.25) is 9.59 Å². The summed E-state index contributed by atoms with van der Waals surface area (Å²) >= 11 is 0. The third kappa shape index (κ3) is 4.56. The quantitative estimate of drug-likeness (QED) is 0.608. The third-order valence-electron chi connectivity index (χ3n) is 5.95. The molecule has 0 spiro atoms. The number of sulfonamides is 1. The summed E-state index contributed by atoms with van der Waals surface area (Å²) in [5, 5.41) is 0. The minimum absolute atomic E-state index is 0.0709. The molecule has 3 rings (SSSR count). The summed E-state index contributed by atoms with van der Waals surface area (Å²) in [5.74, 6) is -0.650. The maximum atomic E-state index is 13.2. The number of para-hydroxylation sites is 1. The fraction of sp³-hybridized carbons (Fsp3) is 0.417. The van der Waals surface area contributed by atoms with Gasteiger partial charge in [-0.05, 0) is 49.7 Å². The fourth-order valence-corrected chi connectivity index (χ4v) is 5.62. The Labute approximate surface area is 190 Å².